The lowest BCUT2D eigenvalue weighted by molar-refractivity contribution is 0.101. The number of hydrogen-bond donors (Lipinski definition) is 1. The standard InChI is InChI=1S/C16H22N2O/c17-16(19)18(11-12-5-4-6-12)15-9-14(10-15)13-7-2-1-3-8-13/h1-3,7-8,12,14-15H,4-6,9-11H2,(H2,17,19). The Hall–Kier alpha value is -1.51. The lowest BCUT2D eigenvalue weighted by Gasteiger charge is -2.44. The first kappa shape index (κ1) is 12.5. The van der Waals surface area contributed by atoms with Crippen LogP contribution in [0, 0.1) is 5.92 Å². The minimum Gasteiger partial charge on any atom is -0.351 e. The second kappa shape index (κ2) is 5.24. The van der Waals surface area contributed by atoms with Gasteiger partial charge in [-0.3, -0.25) is 0 Å². The number of rotatable bonds is 4. The van der Waals surface area contributed by atoms with Crippen LogP contribution in [0.1, 0.15) is 43.6 Å². The van der Waals surface area contributed by atoms with Crippen LogP contribution < -0.4 is 5.73 Å². The number of benzene rings is 1. The average molecular weight is 258 g/mol. The van der Waals surface area contributed by atoms with Crippen LogP contribution in [0.15, 0.2) is 30.3 Å². The van der Waals surface area contributed by atoms with Gasteiger partial charge in [0.05, 0.1) is 0 Å². The molecule has 1 aromatic carbocycles. The third-order valence-electron chi connectivity index (χ3n) is 4.79. The molecule has 2 fully saturated rings. The third kappa shape index (κ3) is 2.60. The molecule has 2 aliphatic carbocycles. The van der Waals surface area contributed by atoms with E-state index in [-0.39, 0.29) is 6.03 Å². The lowest BCUT2D eigenvalue weighted by atomic mass is 9.74. The first-order valence-corrected chi connectivity index (χ1v) is 7.35. The summed E-state index contributed by atoms with van der Waals surface area (Å²) in [7, 11) is 0. The number of urea groups is 1. The monoisotopic (exact) mass is 258 g/mol. The molecule has 0 unspecified atom stereocenters. The number of carbonyl (C=O) groups excluding carboxylic acids is 1. The van der Waals surface area contributed by atoms with Gasteiger partial charge in [0, 0.05) is 12.6 Å². The molecule has 2 saturated carbocycles. The van der Waals surface area contributed by atoms with Crippen molar-refractivity contribution in [3.63, 3.8) is 0 Å². The third-order valence-corrected chi connectivity index (χ3v) is 4.79. The van der Waals surface area contributed by atoms with E-state index in [1.807, 2.05) is 11.0 Å². The zero-order valence-corrected chi connectivity index (χ0v) is 11.3. The summed E-state index contributed by atoms with van der Waals surface area (Å²) in [5.41, 5.74) is 6.94. The second-order valence-corrected chi connectivity index (χ2v) is 6.02. The van der Waals surface area contributed by atoms with E-state index in [1.54, 1.807) is 0 Å². The minimum absolute atomic E-state index is 0.233. The zero-order chi connectivity index (χ0) is 13.2. The summed E-state index contributed by atoms with van der Waals surface area (Å²) >= 11 is 0. The lowest BCUT2D eigenvalue weighted by Crippen LogP contribution is -2.51. The van der Waals surface area contributed by atoms with Gasteiger partial charge in [-0.25, -0.2) is 4.79 Å². The summed E-state index contributed by atoms with van der Waals surface area (Å²) < 4.78 is 0. The van der Waals surface area contributed by atoms with Crippen LogP contribution >= 0.6 is 0 Å². The van der Waals surface area contributed by atoms with Crippen molar-refractivity contribution >= 4 is 6.03 Å². The van der Waals surface area contributed by atoms with Crippen molar-refractivity contribution in [1.82, 2.24) is 4.90 Å². The number of nitrogens with two attached hydrogens (primary N) is 1. The smallest absolute Gasteiger partial charge is 0.315 e. The predicted octanol–water partition coefficient (Wildman–Crippen LogP) is 3.11. The van der Waals surface area contributed by atoms with Gasteiger partial charge in [0.15, 0.2) is 0 Å². The van der Waals surface area contributed by atoms with Crippen molar-refractivity contribution in [3.8, 4) is 0 Å². The maximum Gasteiger partial charge on any atom is 0.315 e. The Morgan fingerprint density at radius 1 is 1.21 bits per heavy atom. The van der Waals surface area contributed by atoms with Gasteiger partial charge < -0.3 is 10.6 Å². The average Bonchev–Trinajstić information content (AvgIpc) is 2.30. The molecule has 0 spiro atoms. The fourth-order valence-corrected chi connectivity index (χ4v) is 3.21. The Morgan fingerprint density at radius 2 is 1.89 bits per heavy atom. The summed E-state index contributed by atoms with van der Waals surface area (Å²) in [5, 5.41) is 0. The summed E-state index contributed by atoms with van der Waals surface area (Å²) in [6.45, 7) is 0.876. The Bertz CT molecular complexity index is 435. The molecule has 0 saturated heterocycles. The van der Waals surface area contributed by atoms with Crippen molar-refractivity contribution in [2.45, 2.75) is 44.1 Å². The van der Waals surface area contributed by atoms with Gasteiger partial charge in [0.2, 0.25) is 0 Å². The maximum atomic E-state index is 11.6. The van der Waals surface area contributed by atoms with Crippen molar-refractivity contribution in [2.75, 3.05) is 6.54 Å². The van der Waals surface area contributed by atoms with E-state index in [0.717, 1.165) is 19.4 Å². The van der Waals surface area contributed by atoms with E-state index in [2.05, 4.69) is 24.3 Å². The fourth-order valence-electron chi connectivity index (χ4n) is 3.21. The van der Waals surface area contributed by atoms with Crippen LogP contribution in [0.4, 0.5) is 4.79 Å². The highest BCUT2D eigenvalue weighted by atomic mass is 16.2. The quantitative estimate of drug-likeness (QED) is 0.886. The van der Waals surface area contributed by atoms with E-state index in [4.69, 9.17) is 5.73 Å². The highest BCUT2D eigenvalue weighted by Gasteiger charge is 2.37. The van der Waals surface area contributed by atoms with E-state index < -0.39 is 0 Å². The fraction of sp³-hybridized carbons (Fsp3) is 0.562. The number of carbonyl (C=O) groups is 1. The molecule has 3 rings (SSSR count). The number of nitrogens with zero attached hydrogens (tertiary/aromatic N) is 1. The molecule has 3 nitrogen and oxygen atoms in total. The molecule has 19 heavy (non-hydrogen) atoms. The topological polar surface area (TPSA) is 46.3 Å². The molecule has 0 atom stereocenters. The molecule has 2 N–H and O–H groups in total. The molecule has 2 amide bonds. The Balaban J connectivity index is 1.56. The Labute approximate surface area is 114 Å². The van der Waals surface area contributed by atoms with E-state index in [0.29, 0.717) is 17.9 Å². The van der Waals surface area contributed by atoms with E-state index >= 15 is 0 Å². The minimum atomic E-state index is -0.233. The molecule has 0 aliphatic heterocycles. The molecule has 102 valence electrons. The summed E-state index contributed by atoms with van der Waals surface area (Å²) in [5.74, 6) is 1.30. The SMILES string of the molecule is NC(=O)N(CC1CCC1)C1CC(c2ccccc2)C1. The number of amides is 2. The summed E-state index contributed by atoms with van der Waals surface area (Å²) in [6, 6.07) is 10.7. The van der Waals surface area contributed by atoms with Gasteiger partial charge in [0.25, 0.3) is 0 Å². The van der Waals surface area contributed by atoms with Gasteiger partial charge >= 0.3 is 6.03 Å². The molecule has 0 bridgehead atoms. The highest BCUT2D eigenvalue weighted by Crippen LogP contribution is 2.40. The van der Waals surface area contributed by atoms with Gasteiger partial charge in [0.1, 0.15) is 0 Å². The molecular formula is C16H22N2O. The summed E-state index contributed by atoms with van der Waals surface area (Å²) in [4.78, 5) is 13.5. The van der Waals surface area contributed by atoms with Gasteiger partial charge in [-0.2, -0.15) is 0 Å². The number of hydrogen-bond acceptors (Lipinski definition) is 1. The normalized spacial score (nSPS) is 26.3. The molecule has 3 heteroatoms. The maximum absolute atomic E-state index is 11.6. The first-order chi connectivity index (χ1) is 9.24. The van der Waals surface area contributed by atoms with Crippen LogP contribution in [0.2, 0.25) is 0 Å². The van der Waals surface area contributed by atoms with Gasteiger partial charge in [-0.15, -0.1) is 0 Å². The van der Waals surface area contributed by atoms with Crippen molar-refractivity contribution in [1.29, 1.82) is 0 Å². The van der Waals surface area contributed by atoms with Crippen LogP contribution in [0.3, 0.4) is 0 Å². The largest absolute Gasteiger partial charge is 0.351 e. The van der Waals surface area contributed by atoms with Crippen LogP contribution in [0.5, 0.6) is 0 Å². The number of primary amides is 1. The van der Waals surface area contributed by atoms with Crippen molar-refractivity contribution in [3.05, 3.63) is 35.9 Å². The first-order valence-electron chi connectivity index (χ1n) is 7.35. The second-order valence-electron chi connectivity index (χ2n) is 6.02. The van der Waals surface area contributed by atoms with E-state index in [9.17, 15) is 4.79 Å². The van der Waals surface area contributed by atoms with Crippen LogP contribution in [-0.2, 0) is 0 Å². The predicted molar refractivity (Wildman–Crippen MR) is 75.8 cm³/mol. The van der Waals surface area contributed by atoms with Gasteiger partial charge in [-0.05, 0) is 43.1 Å². The molecule has 0 heterocycles. The zero-order valence-electron chi connectivity index (χ0n) is 11.3. The highest BCUT2D eigenvalue weighted by molar-refractivity contribution is 5.72. The van der Waals surface area contributed by atoms with Crippen molar-refractivity contribution < 1.29 is 4.79 Å². The Morgan fingerprint density at radius 3 is 2.42 bits per heavy atom. The Kier molecular flexibility index (Phi) is 3.45. The van der Waals surface area contributed by atoms with Gasteiger partial charge in [-0.1, -0.05) is 36.8 Å². The molecule has 2 aliphatic rings. The summed E-state index contributed by atoms with van der Waals surface area (Å²) in [6.07, 6.45) is 5.98. The molecule has 0 radical (unpaired) electrons. The van der Waals surface area contributed by atoms with Crippen LogP contribution in [-0.4, -0.2) is 23.5 Å². The van der Waals surface area contributed by atoms with Crippen molar-refractivity contribution in [2.24, 2.45) is 11.7 Å². The molecular weight excluding hydrogens is 236 g/mol. The van der Waals surface area contributed by atoms with E-state index in [1.165, 1.54) is 24.8 Å². The molecule has 1 aromatic rings. The molecule has 0 aromatic heterocycles. The van der Waals surface area contributed by atoms with Crippen LogP contribution in [0.25, 0.3) is 0 Å².